The van der Waals surface area contributed by atoms with Crippen LogP contribution in [0, 0.1) is 0 Å². The van der Waals surface area contributed by atoms with E-state index >= 15 is 0 Å². The average molecular weight is 198 g/mol. The van der Waals surface area contributed by atoms with Gasteiger partial charge >= 0.3 is 0 Å². The summed E-state index contributed by atoms with van der Waals surface area (Å²) in [5.74, 6) is 0. The minimum Gasteiger partial charge on any atom is -0.313 e. The zero-order valence-corrected chi connectivity index (χ0v) is 10.1. The lowest BCUT2D eigenvalue weighted by Crippen LogP contribution is -2.37. The summed E-state index contributed by atoms with van der Waals surface area (Å²) in [5.41, 5.74) is 0. The SMILES string of the molecule is CCC(C)NCCN1CCCC1CC. The van der Waals surface area contributed by atoms with Crippen LogP contribution in [0.25, 0.3) is 0 Å². The van der Waals surface area contributed by atoms with Crippen molar-refractivity contribution in [2.45, 2.75) is 58.5 Å². The van der Waals surface area contributed by atoms with E-state index < -0.39 is 0 Å². The maximum absolute atomic E-state index is 3.56. The molecule has 14 heavy (non-hydrogen) atoms. The number of nitrogens with zero attached hydrogens (tertiary/aromatic N) is 1. The second-order valence-corrected chi connectivity index (χ2v) is 4.50. The molecule has 2 heteroatoms. The lowest BCUT2D eigenvalue weighted by Gasteiger charge is -2.24. The summed E-state index contributed by atoms with van der Waals surface area (Å²) in [6, 6.07) is 1.55. The maximum atomic E-state index is 3.56. The van der Waals surface area contributed by atoms with Gasteiger partial charge in [-0.1, -0.05) is 13.8 Å². The Morgan fingerprint density at radius 1 is 1.43 bits per heavy atom. The largest absolute Gasteiger partial charge is 0.313 e. The van der Waals surface area contributed by atoms with E-state index in [4.69, 9.17) is 0 Å². The quantitative estimate of drug-likeness (QED) is 0.704. The molecular formula is C12H26N2. The maximum Gasteiger partial charge on any atom is 0.0110 e. The average Bonchev–Trinajstić information content (AvgIpc) is 2.65. The normalized spacial score (nSPS) is 25.5. The Hall–Kier alpha value is -0.0800. The third-order valence-electron chi connectivity index (χ3n) is 3.47. The molecule has 2 nitrogen and oxygen atoms in total. The fourth-order valence-corrected chi connectivity index (χ4v) is 2.25. The van der Waals surface area contributed by atoms with E-state index in [1.165, 1.54) is 38.8 Å². The highest BCUT2D eigenvalue weighted by molar-refractivity contribution is 4.78. The molecule has 1 heterocycles. The second kappa shape index (κ2) is 6.41. The molecule has 1 N–H and O–H groups in total. The Labute approximate surface area is 89.1 Å². The van der Waals surface area contributed by atoms with Crippen LogP contribution in [0.5, 0.6) is 0 Å². The standard InChI is InChI=1S/C12H26N2/c1-4-11(3)13-8-10-14-9-6-7-12(14)5-2/h11-13H,4-10H2,1-3H3. The summed E-state index contributed by atoms with van der Waals surface area (Å²) in [7, 11) is 0. The van der Waals surface area contributed by atoms with Crippen LogP contribution < -0.4 is 5.32 Å². The molecule has 0 spiro atoms. The number of hydrogen-bond donors (Lipinski definition) is 1. The number of nitrogens with one attached hydrogen (secondary N) is 1. The van der Waals surface area contributed by atoms with Gasteiger partial charge in [0.25, 0.3) is 0 Å². The molecule has 1 aliphatic rings. The zero-order valence-electron chi connectivity index (χ0n) is 10.1. The molecule has 0 saturated carbocycles. The lowest BCUT2D eigenvalue weighted by molar-refractivity contribution is 0.245. The molecule has 0 aromatic carbocycles. The van der Waals surface area contributed by atoms with Gasteiger partial charge in [0, 0.05) is 25.2 Å². The van der Waals surface area contributed by atoms with Crippen molar-refractivity contribution < 1.29 is 0 Å². The summed E-state index contributed by atoms with van der Waals surface area (Å²) in [5, 5.41) is 3.56. The second-order valence-electron chi connectivity index (χ2n) is 4.50. The van der Waals surface area contributed by atoms with Crippen molar-refractivity contribution in [3.8, 4) is 0 Å². The van der Waals surface area contributed by atoms with E-state index in [2.05, 4.69) is 31.0 Å². The van der Waals surface area contributed by atoms with Gasteiger partial charge in [-0.15, -0.1) is 0 Å². The molecule has 0 bridgehead atoms. The summed E-state index contributed by atoms with van der Waals surface area (Å²) >= 11 is 0. The molecule has 0 radical (unpaired) electrons. The molecule has 0 aromatic rings. The Kier molecular flexibility index (Phi) is 5.49. The van der Waals surface area contributed by atoms with Gasteiger partial charge in [0.1, 0.15) is 0 Å². The highest BCUT2D eigenvalue weighted by Gasteiger charge is 2.21. The fourth-order valence-electron chi connectivity index (χ4n) is 2.25. The Bertz CT molecular complexity index is 147. The van der Waals surface area contributed by atoms with Crippen LogP contribution in [0.1, 0.15) is 46.5 Å². The van der Waals surface area contributed by atoms with Gasteiger partial charge < -0.3 is 5.32 Å². The first-order valence-electron chi connectivity index (χ1n) is 6.25. The molecular weight excluding hydrogens is 172 g/mol. The Morgan fingerprint density at radius 3 is 2.86 bits per heavy atom. The molecule has 1 aliphatic heterocycles. The predicted molar refractivity (Wildman–Crippen MR) is 62.6 cm³/mol. The van der Waals surface area contributed by atoms with Crippen LogP contribution in [-0.2, 0) is 0 Å². The van der Waals surface area contributed by atoms with E-state index in [0.717, 1.165) is 12.6 Å². The van der Waals surface area contributed by atoms with Crippen LogP contribution in [0.3, 0.4) is 0 Å². The number of hydrogen-bond acceptors (Lipinski definition) is 2. The molecule has 1 rings (SSSR count). The van der Waals surface area contributed by atoms with Gasteiger partial charge in [0.05, 0.1) is 0 Å². The Balaban J connectivity index is 2.11. The van der Waals surface area contributed by atoms with Gasteiger partial charge in [-0.3, -0.25) is 4.90 Å². The van der Waals surface area contributed by atoms with Gasteiger partial charge in [-0.05, 0) is 39.2 Å². The molecule has 84 valence electrons. The van der Waals surface area contributed by atoms with Gasteiger partial charge in [0.15, 0.2) is 0 Å². The summed E-state index contributed by atoms with van der Waals surface area (Å²) < 4.78 is 0. The molecule has 0 aromatic heterocycles. The first-order valence-corrected chi connectivity index (χ1v) is 6.25. The van der Waals surface area contributed by atoms with Crippen LogP contribution >= 0.6 is 0 Å². The first kappa shape index (κ1) is 12.0. The zero-order chi connectivity index (χ0) is 10.4. The minimum atomic E-state index is 0.678. The van der Waals surface area contributed by atoms with Crippen molar-refractivity contribution in [1.82, 2.24) is 10.2 Å². The van der Waals surface area contributed by atoms with Crippen LogP contribution in [0.15, 0.2) is 0 Å². The van der Waals surface area contributed by atoms with E-state index in [0.29, 0.717) is 6.04 Å². The lowest BCUT2D eigenvalue weighted by atomic mass is 10.2. The highest BCUT2D eigenvalue weighted by Crippen LogP contribution is 2.18. The topological polar surface area (TPSA) is 15.3 Å². The van der Waals surface area contributed by atoms with Crippen molar-refractivity contribution in [3.05, 3.63) is 0 Å². The molecule has 0 amide bonds. The molecule has 2 unspecified atom stereocenters. The van der Waals surface area contributed by atoms with Crippen molar-refractivity contribution in [2.24, 2.45) is 0 Å². The first-order chi connectivity index (χ1) is 6.77. The molecule has 2 atom stereocenters. The summed E-state index contributed by atoms with van der Waals surface area (Å²) in [4.78, 5) is 2.65. The number of rotatable bonds is 6. The highest BCUT2D eigenvalue weighted by atomic mass is 15.2. The van der Waals surface area contributed by atoms with Crippen molar-refractivity contribution >= 4 is 0 Å². The van der Waals surface area contributed by atoms with Crippen LogP contribution in [0.4, 0.5) is 0 Å². The van der Waals surface area contributed by atoms with E-state index in [-0.39, 0.29) is 0 Å². The van der Waals surface area contributed by atoms with Crippen molar-refractivity contribution in [3.63, 3.8) is 0 Å². The van der Waals surface area contributed by atoms with E-state index in [1.54, 1.807) is 0 Å². The summed E-state index contributed by atoms with van der Waals surface area (Å²) in [6.07, 6.45) is 5.38. The summed E-state index contributed by atoms with van der Waals surface area (Å²) in [6.45, 7) is 10.5. The van der Waals surface area contributed by atoms with E-state index in [9.17, 15) is 0 Å². The van der Waals surface area contributed by atoms with Gasteiger partial charge in [-0.25, -0.2) is 0 Å². The molecule has 1 fully saturated rings. The third kappa shape index (κ3) is 3.58. The van der Waals surface area contributed by atoms with Gasteiger partial charge in [-0.2, -0.15) is 0 Å². The van der Waals surface area contributed by atoms with Crippen molar-refractivity contribution in [1.29, 1.82) is 0 Å². The number of likely N-dealkylation sites (tertiary alicyclic amines) is 1. The van der Waals surface area contributed by atoms with Crippen LogP contribution in [-0.4, -0.2) is 36.6 Å². The van der Waals surface area contributed by atoms with E-state index in [1.807, 2.05) is 0 Å². The molecule has 1 saturated heterocycles. The Morgan fingerprint density at radius 2 is 2.21 bits per heavy atom. The monoisotopic (exact) mass is 198 g/mol. The van der Waals surface area contributed by atoms with Crippen LogP contribution in [0.2, 0.25) is 0 Å². The third-order valence-corrected chi connectivity index (χ3v) is 3.47. The smallest absolute Gasteiger partial charge is 0.0110 e. The van der Waals surface area contributed by atoms with Gasteiger partial charge in [0.2, 0.25) is 0 Å². The fraction of sp³-hybridized carbons (Fsp3) is 1.00. The van der Waals surface area contributed by atoms with Crippen molar-refractivity contribution in [2.75, 3.05) is 19.6 Å². The minimum absolute atomic E-state index is 0.678. The molecule has 0 aliphatic carbocycles. The predicted octanol–water partition coefficient (Wildman–Crippen LogP) is 2.25.